The van der Waals surface area contributed by atoms with Gasteiger partial charge in [0.15, 0.2) is 5.69 Å². The lowest BCUT2D eigenvalue weighted by Crippen LogP contribution is -2.28. The molecule has 3 N–H and O–H groups in total. The quantitative estimate of drug-likeness (QED) is 0.313. The van der Waals surface area contributed by atoms with Crippen molar-refractivity contribution in [3.8, 4) is 5.69 Å². The number of carbonyl (C=O) groups excluding carboxylic acids is 1. The molecule has 0 radical (unpaired) electrons. The fraction of sp³-hybridized carbons (Fsp3) is 0.393. The maximum absolute atomic E-state index is 14.2. The molecular weight excluding hydrogens is 515 g/mol. The molecule has 0 saturated heterocycles. The number of hydrogen-bond acceptors (Lipinski definition) is 5. The fourth-order valence-electron chi connectivity index (χ4n) is 4.44. The SMILES string of the molecule is CC(C)c1c(C(=O)N(C)Cc2ccc(F)cc2F)nn(-c2ccc(F)cc2)c1CC[C@@H](O)C[C@@H](O)CC(=O)O. The van der Waals surface area contributed by atoms with Gasteiger partial charge in [-0.05, 0) is 55.5 Å². The zero-order valence-corrected chi connectivity index (χ0v) is 21.9. The molecule has 0 aliphatic rings. The minimum Gasteiger partial charge on any atom is -0.481 e. The fourth-order valence-corrected chi connectivity index (χ4v) is 4.44. The summed E-state index contributed by atoms with van der Waals surface area (Å²) in [6.45, 7) is 3.58. The monoisotopic (exact) mass is 547 g/mol. The van der Waals surface area contributed by atoms with Gasteiger partial charge in [-0.3, -0.25) is 9.59 Å². The van der Waals surface area contributed by atoms with Crippen molar-refractivity contribution in [1.82, 2.24) is 14.7 Å². The van der Waals surface area contributed by atoms with Crippen molar-refractivity contribution in [3.63, 3.8) is 0 Å². The molecule has 0 aliphatic heterocycles. The van der Waals surface area contributed by atoms with Crippen molar-refractivity contribution >= 4 is 11.9 Å². The van der Waals surface area contributed by atoms with Crippen LogP contribution in [0.4, 0.5) is 13.2 Å². The van der Waals surface area contributed by atoms with Gasteiger partial charge in [0.2, 0.25) is 0 Å². The zero-order chi connectivity index (χ0) is 28.9. The van der Waals surface area contributed by atoms with E-state index in [0.717, 1.165) is 12.1 Å². The first-order chi connectivity index (χ1) is 18.4. The Morgan fingerprint density at radius 1 is 1.00 bits per heavy atom. The second-order valence-corrected chi connectivity index (χ2v) is 9.83. The average Bonchev–Trinajstić information content (AvgIpc) is 3.23. The molecule has 8 nitrogen and oxygen atoms in total. The van der Waals surface area contributed by atoms with E-state index in [0.29, 0.717) is 16.9 Å². The van der Waals surface area contributed by atoms with Crippen LogP contribution in [0.3, 0.4) is 0 Å². The number of rotatable bonds is 12. The minimum atomic E-state index is -1.22. The molecule has 0 bridgehead atoms. The standard InChI is InChI=1S/C28H32F3N3O5/c1-16(2)26-24(11-10-21(35)13-22(36)14-25(37)38)34(20-8-6-18(29)7-9-20)32-27(26)28(39)33(3)15-17-4-5-19(30)12-23(17)31/h4-9,12,16,21-22,35-36H,10-11,13-15H2,1-3H3,(H,37,38)/t21-,22-/m1/s1. The van der Waals surface area contributed by atoms with E-state index in [1.807, 2.05) is 13.8 Å². The lowest BCUT2D eigenvalue weighted by atomic mass is 9.95. The topological polar surface area (TPSA) is 116 Å². The number of aliphatic hydroxyl groups is 2. The van der Waals surface area contributed by atoms with Crippen LogP contribution in [0.2, 0.25) is 0 Å². The molecule has 0 fully saturated rings. The van der Waals surface area contributed by atoms with Gasteiger partial charge in [-0.1, -0.05) is 19.9 Å². The Bertz CT molecular complexity index is 1310. The van der Waals surface area contributed by atoms with Crippen LogP contribution < -0.4 is 0 Å². The molecule has 11 heteroatoms. The van der Waals surface area contributed by atoms with E-state index in [4.69, 9.17) is 5.11 Å². The lowest BCUT2D eigenvalue weighted by Gasteiger charge is -2.19. The number of aliphatic hydroxyl groups excluding tert-OH is 2. The third-order valence-electron chi connectivity index (χ3n) is 6.31. The number of halogens is 3. The van der Waals surface area contributed by atoms with Crippen molar-refractivity contribution in [2.24, 2.45) is 0 Å². The highest BCUT2D eigenvalue weighted by Crippen LogP contribution is 2.29. The molecule has 0 unspecified atom stereocenters. The third-order valence-corrected chi connectivity index (χ3v) is 6.31. The van der Waals surface area contributed by atoms with Crippen LogP contribution in [0, 0.1) is 17.5 Å². The van der Waals surface area contributed by atoms with E-state index in [1.54, 1.807) is 0 Å². The number of amides is 1. The molecule has 3 rings (SSSR count). The van der Waals surface area contributed by atoms with Gasteiger partial charge in [-0.2, -0.15) is 5.10 Å². The summed E-state index contributed by atoms with van der Waals surface area (Å²) in [7, 11) is 1.47. The molecule has 3 aromatic rings. The summed E-state index contributed by atoms with van der Waals surface area (Å²) in [4.78, 5) is 25.6. The van der Waals surface area contributed by atoms with Crippen LogP contribution in [0.15, 0.2) is 42.5 Å². The number of aliphatic carboxylic acids is 1. The van der Waals surface area contributed by atoms with E-state index < -0.39 is 48.0 Å². The van der Waals surface area contributed by atoms with Gasteiger partial charge < -0.3 is 20.2 Å². The average molecular weight is 548 g/mol. The van der Waals surface area contributed by atoms with Crippen LogP contribution in [0.5, 0.6) is 0 Å². The van der Waals surface area contributed by atoms with E-state index in [2.05, 4.69) is 5.10 Å². The Morgan fingerprint density at radius 2 is 1.64 bits per heavy atom. The molecule has 1 amide bonds. The summed E-state index contributed by atoms with van der Waals surface area (Å²) in [6, 6.07) is 8.60. The molecule has 210 valence electrons. The number of hydrogen-bond donors (Lipinski definition) is 3. The molecule has 39 heavy (non-hydrogen) atoms. The molecular formula is C28H32F3N3O5. The van der Waals surface area contributed by atoms with E-state index in [9.17, 15) is 33.0 Å². The zero-order valence-electron chi connectivity index (χ0n) is 21.9. The number of benzene rings is 2. The maximum Gasteiger partial charge on any atom is 0.305 e. The van der Waals surface area contributed by atoms with Gasteiger partial charge in [-0.25, -0.2) is 17.9 Å². The Morgan fingerprint density at radius 3 is 2.23 bits per heavy atom. The van der Waals surface area contributed by atoms with E-state index >= 15 is 0 Å². The van der Waals surface area contributed by atoms with Crippen LogP contribution >= 0.6 is 0 Å². The third kappa shape index (κ3) is 7.67. The highest BCUT2D eigenvalue weighted by atomic mass is 19.1. The van der Waals surface area contributed by atoms with Crippen LogP contribution in [0.25, 0.3) is 5.69 Å². The van der Waals surface area contributed by atoms with Crippen LogP contribution in [-0.2, 0) is 17.8 Å². The lowest BCUT2D eigenvalue weighted by molar-refractivity contribution is -0.139. The summed E-state index contributed by atoms with van der Waals surface area (Å²) in [5.74, 6) is -3.88. The number of carboxylic acid groups (broad SMARTS) is 1. The maximum atomic E-state index is 14.2. The molecule has 2 aromatic carbocycles. The van der Waals surface area contributed by atoms with Crippen molar-refractivity contribution in [3.05, 3.63) is 82.4 Å². The molecule has 0 saturated carbocycles. The predicted molar refractivity (Wildman–Crippen MR) is 137 cm³/mol. The Labute approximate surface area is 224 Å². The summed E-state index contributed by atoms with van der Waals surface area (Å²) in [6.07, 6.45) is -2.55. The number of carboxylic acids is 1. The highest BCUT2D eigenvalue weighted by Gasteiger charge is 2.28. The minimum absolute atomic E-state index is 0.0924. The van der Waals surface area contributed by atoms with Crippen molar-refractivity contribution < 1.29 is 38.1 Å². The van der Waals surface area contributed by atoms with Crippen LogP contribution in [0.1, 0.15) is 66.3 Å². The Balaban J connectivity index is 1.96. The number of nitrogens with zero attached hydrogens (tertiary/aromatic N) is 3. The second-order valence-electron chi connectivity index (χ2n) is 9.83. The highest BCUT2D eigenvalue weighted by molar-refractivity contribution is 5.94. The van der Waals surface area contributed by atoms with Gasteiger partial charge in [0.1, 0.15) is 17.5 Å². The Hall–Kier alpha value is -3.70. The van der Waals surface area contributed by atoms with Crippen molar-refractivity contribution in [2.45, 2.75) is 64.2 Å². The smallest absolute Gasteiger partial charge is 0.305 e. The van der Waals surface area contributed by atoms with E-state index in [-0.39, 0.29) is 43.0 Å². The van der Waals surface area contributed by atoms with Crippen molar-refractivity contribution in [2.75, 3.05) is 7.05 Å². The normalized spacial score (nSPS) is 12.9. The number of carbonyl (C=O) groups is 2. The van der Waals surface area contributed by atoms with Crippen molar-refractivity contribution in [1.29, 1.82) is 0 Å². The molecule has 0 aliphatic carbocycles. The van der Waals surface area contributed by atoms with Gasteiger partial charge in [0.05, 0.1) is 24.3 Å². The van der Waals surface area contributed by atoms with E-state index in [1.165, 1.54) is 47.0 Å². The predicted octanol–water partition coefficient (Wildman–Crippen LogP) is 4.20. The van der Waals surface area contributed by atoms with Gasteiger partial charge in [-0.15, -0.1) is 0 Å². The number of aromatic nitrogens is 2. The molecule has 1 aromatic heterocycles. The molecule has 0 spiro atoms. The first-order valence-corrected chi connectivity index (χ1v) is 12.5. The van der Waals surface area contributed by atoms with Gasteiger partial charge >= 0.3 is 5.97 Å². The first kappa shape index (κ1) is 29.9. The second kappa shape index (κ2) is 12.9. The largest absolute Gasteiger partial charge is 0.481 e. The summed E-state index contributed by atoms with van der Waals surface area (Å²) >= 11 is 0. The Kier molecular flexibility index (Phi) is 9.87. The summed E-state index contributed by atoms with van der Waals surface area (Å²) < 4.78 is 42.7. The molecule has 2 atom stereocenters. The first-order valence-electron chi connectivity index (χ1n) is 12.5. The summed E-state index contributed by atoms with van der Waals surface area (Å²) in [5.41, 5.74) is 1.84. The van der Waals surface area contributed by atoms with Crippen LogP contribution in [-0.4, -0.2) is 61.1 Å². The summed E-state index contributed by atoms with van der Waals surface area (Å²) in [5, 5.41) is 33.8. The van der Waals surface area contributed by atoms with Gasteiger partial charge in [0.25, 0.3) is 5.91 Å². The van der Waals surface area contributed by atoms with Gasteiger partial charge in [0, 0.05) is 36.5 Å². The molecule has 1 heterocycles.